The van der Waals surface area contributed by atoms with E-state index in [-0.39, 0.29) is 5.82 Å². The Balaban J connectivity index is 1.95. The van der Waals surface area contributed by atoms with Gasteiger partial charge in [-0.25, -0.2) is 4.39 Å². The first-order chi connectivity index (χ1) is 9.19. The molecule has 0 saturated heterocycles. The molecular formula is C14H16FN3O. The van der Waals surface area contributed by atoms with Crippen LogP contribution >= 0.6 is 0 Å². The number of hydrogen-bond donors (Lipinski definition) is 2. The highest BCUT2D eigenvalue weighted by molar-refractivity contribution is 5.61. The third-order valence-electron chi connectivity index (χ3n) is 2.71. The maximum absolute atomic E-state index is 13.0. The quantitative estimate of drug-likeness (QED) is 0.868. The molecule has 1 aromatic heterocycles. The molecule has 0 radical (unpaired) electrons. The Morgan fingerprint density at radius 2 is 2.16 bits per heavy atom. The summed E-state index contributed by atoms with van der Waals surface area (Å²) in [6.45, 7) is 0.619. The fraction of sp³-hybridized carbons (Fsp3) is 0.214. The van der Waals surface area contributed by atoms with Crippen LogP contribution in [0.2, 0.25) is 0 Å². The third kappa shape index (κ3) is 3.58. The molecule has 0 atom stereocenters. The molecule has 0 unspecified atom stereocenters. The summed E-state index contributed by atoms with van der Waals surface area (Å²) in [4.78, 5) is 4.21. The summed E-state index contributed by atoms with van der Waals surface area (Å²) in [7, 11) is 1.55. The SMILES string of the molecule is COc1ccc(N)c(NCCc2cccc(F)c2)n1. The maximum atomic E-state index is 13.0. The molecule has 0 aliphatic rings. The fourth-order valence-corrected chi connectivity index (χ4v) is 1.73. The summed E-state index contributed by atoms with van der Waals surface area (Å²) in [5.74, 6) is 0.856. The molecular weight excluding hydrogens is 245 g/mol. The fourth-order valence-electron chi connectivity index (χ4n) is 1.73. The molecule has 0 spiro atoms. The van der Waals surface area contributed by atoms with E-state index in [1.807, 2.05) is 6.07 Å². The number of nitrogen functional groups attached to an aromatic ring is 1. The van der Waals surface area contributed by atoms with Crippen molar-refractivity contribution in [3.63, 3.8) is 0 Å². The van der Waals surface area contributed by atoms with Gasteiger partial charge in [-0.3, -0.25) is 0 Å². The lowest BCUT2D eigenvalue weighted by Crippen LogP contribution is -2.09. The van der Waals surface area contributed by atoms with E-state index in [0.717, 1.165) is 5.56 Å². The number of ether oxygens (including phenoxy) is 1. The first-order valence-corrected chi connectivity index (χ1v) is 5.98. The van der Waals surface area contributed by atoms with Gasteiger partial charge in [0.15, 0.2) is 5.82 Å². The number of nitrogens with one attached hydrogen (secondary N) is 1. The number of halogens is 1. The number of rotatable bonds is 5. The van der Waals surface area contributed by atoms with Crippen LogP contribution in [0.5, 0.6) is 5.88 Å². The van der Waals surface area contributed by atoms with Crippen molar-refractivity contribution < 1.29 is 9.13 Å². The molecule has 0 fully saturated rings. The van der Waals surface area contributed by atoms with Crippen LogP contribution in [-0.4, -0.2) is 18.6 Å². The molecule has 1 heterocycles. The van der Waals surface area contributed by atoms with Crippen molar-refractivity contribution in [3.8, 4) is 5.88 Å². The second kappa shape index (κ2) is 6.04. The third-order valence-corrected chi connectivity index (χ3v) is 2.71. The summed E-state index contributed by atoms with van der Waals surface area (Å²) in [6, 6.07) is 9.96. The second-order valence-corrected chi connectivity index (χ2v) is 4.10. The van der Waals surface area contributed by atoms with Gasteiger partial charge in [0.05, 0.1) is 12.8 Å². The van der Waals surface area contributed by atoms with Gasteiger partial charge in [0.25, 0.3) is 0 Å². The Labute approximate surface area is 111 Å². The van der Waals surface area contributed by atoms with Crippen LogP contribution in [0.1, 0.15) is 5.56 Å². The van der Waals surface area contributed by atoms with Gasteiger partial charge in [-0.05, 0) is 30.2 Å². The highest BCUT2D eigenvalue weighted by Crippen LogP contribution is 2.19. The van der Waals surface area contributed by atoms with E-state index in [4.69, 9.17) is 10.5 Å². The van der Waals surface area contributed by atoms with Gasteiger partial charge in [0.1, 0.15) is 5.82 Å². The van der Waals surface area contributed by atoms with Crippen LogP contribution in [0.15, 0.2) is 36.4 Å². The minimum atomic E-state index is -0.225. The van der Waals surface area contributed by atoms with Gasteiger partial charge in [0, 0.05) is 12.6 Å². The van der Waals surface area contributed by atoms with Crippen LogP contribution in [-0.2, 0) is 6.42 Å². The number of pyridine rings is 1. The Hall–Kier alpha value is -2.30. The summed E-state index contributed by atoms with van der Waals surface area (Å²) in [5.41, 5.74) is 7.29. The number of methoxy groups -OCH3 is 1. The first kappa shape index (κ1) is 13.1. The monoisotopic (exact) mass is 261 g/mol. The van der Waals surface area contributed by atoms with Gasteiger partial charge in [0.2, 0.25) is 5.88 Å². The van der Waals surface area contributed by atoms with E-state index < -0.39 is 0 Å². The molecule has 0 bridgehead atoms. The highest BCUT2D eigenvalue weighted by atomic mass is 19.1. The number of nitrogens with zero attached hydrogens (tertiary/aromatic N) is 1. The molecule has 2 aromatic rings. The van der Waals surface area contributed by atoms with E-state index in [2.05, 4.69) is 10.3 Å². The van der Waals surface area contributed by atoms with E-state index in [9.17, 15) is 4.39 Å². The standard InChI is InChI=1S/C14H16FN3O/c1-19-13-6-5-12(16)14(18-13)17-8-7-10-3-2-4-11(15)9-10/h2-6,9H,7-8,16H2,1H3,(H,17,18). The van der Waals surface area contributed by atoms with Crippen LogP contribution in [0, 0.1) is 5.82 Å². The lowest BCUT2D eigenvalue weighted by molar-refractivity contribution is 0.398. The van der Waals surface area contributed by atoms with Crippen LogP contribution in [0.4, 0.5) is 15.9 Å². The molecule has 0 aliphatic heterocycles. The molecule has 2 rings (SSSR count). The minimum Gasteiger partial charge on any atom is -0.481 e. The maximum Gasteiger partial charge on any atom is 0.215 e. The largest absolute Gasteiger partial charge is 0.481 e. The zero-order valence-corrected chi connectivity index (χ0v) is 10.7. The molecule has 19 heavy (non-hydrogen) atoms. The number of benzene rings is 1. The first-order valence-electron chi connectivity index (χ1n) is 5.98. The van der Waals surface area contributed by atoms with Gasteiger partial charge >= 0.3 is 0 Å². The Morgan fingerprint density at radius 3 is 2.89 bits per heavy atom. The smallest absolute Gasteiger partial charge is 0.215 e. The molecule has 3 N–H and O–H groups in total. The van der Waals surface area contributed by atoms with E-state index in [1.165, 1.54) is 12.1 Å². The minimum absolute atomic E-state index is 0.225. The van der Waals surface area contributed by atoms with Crippen molar-refractivity contribution in [1.82, 2.24) is 4.98 Å². The van der Waals surface area contributed by atoms with E-state index in [1.54, 1.807) is 25.3 Å². The average molecular weight is 261 g/mol. The zero-order chi connectivity index (χ0) is 13.7. The molecule has 1 aromatic carbocycles. The summed E-state index contributed by atoms with van der Waals surface area (Å²) in [6.07, 6.45) is 0.691. The van der Waals surface area contributed by atoms with Gasteiger partial charge in [-0.15, -0.1) is 0 Å². The summed E-state index contributed by atoms with van der Waals surface area (Å²) >= 11 is 0. The zero-order valence-electron chi connectivity index (χ0n) is 10.7. The van der Waals surface area contributed by atoms with Crippen LogP contribution < -0.4 is 15.8 Å². The predicted molar refractivity (Wildman–Crippen MR) is 73.8 cm³/mol. The Bertz CT molecular complexity index is 560. The predicted octanol–water partition coefficient (Wildman–Crippen LogP) is 2.47. The lowest BCUT2D eigenvalue weighted by Gasteiger charge is -2.09. The molecule has 100 valence electrons. The van der Waals surface area contributed by atoms with E-state index in [0.29, 0.717) is 30.4 Å². The van der Waals surface area contributed by atoms with Crippen molar-refractivity contribution in [3.05, 3.63) is 47.8 Å². The number of hydrogen-bond acceptors (Lipinski definition) is 4. The number of anilines is 2. The molecule has 0 aliphatic carbocycles. The topological polar surface area (TPSA) is 60.2 Å². The molecule has 0 saturated carbocycles. The van der Waals surface area contributed by atoms with Crippen molar-refractivity contribution in [2.45, 2.75) is 6.42 Å². The number of aromatic nitrogens is 1. The Kier molecular flexibility index (Phi) is 4.18. The van der Waals surface area contributed by atoms with Gasteiger partial charge in [-0.2, -0.15) is 4.98 Å². The molecule has 4 nitrogen and oxygen atoms in total. The normalized spacial score (nSPS) is 10.2. The second-order valence-electron chi connectivity index (χ2n) is 4.10. The van der Waals surface area contributed by atoms with Crippen molar-refractivity contribution >= 4 is 11.5 Å². The summed E-state index contributed by atoms with van der Waals surface area (Å²) < 4.78 is 18.0. The van der Waals surface area contributed by atoms with Crippen molar-refractivity contribution in [2.75, 3.05) is 24.7 Å². The molecule has 5 heteroatoms. The lowest BCUT2D eigenvalue weighted by atomic mass is 10.1. The average Bonchev–Trinajstić information content (AvgIpc) is 2.41. The van der Waals surface area contributed by atoms with Crippen molar-refractivity contribution in [1.29, 1.82) is 0 Å². The van der Waals surface area contributed by atoms with Crippen molar-refractivity contribution in [2.24, 2.45) is 0 Å². The highest BCUT2D eigenvalue weighted by Gasteiger charge is 2.03. The van der Waals surface area contributed by atoms with Crippen LogP contribution in [0.3, 0.4) is 0 Å². The van der Waals surface area contributed by atoms with E-state index >= 15 is 0 Å². The summed E-state index contributed by atoms with van der Waals surface area (Å²) in [5, 5.41) is 3.12. The van der Waals surface area contributed by atoms with Crippen LogP contribution in [0.25, 0.3) is 0 Å². The Morgan fingerprint density at radius 1 is 1.32 bits per heavy atom. The van der Waals surface area contributed by atoms with Gasteiger partial charge < -0.3 is 15.8 Å². The number of nitrogens with two attached hydrogens (primary N) is 1. The van der Waals surface area contributed by atoms with Gasteiger partial charge in [-0.1, -0.05) is 12.1 Å². The molecule has 0 amide bonds.